The standard InChI is InChI=1S/C16H20Cl2N2O2/c1-20-12-7-11(17)14(18)16(15(12)19-13(20)8-21)22-9-10-5-3-2-4-6-10/h7,10,21H,2-6,8-9H2,1H3. The van der Waals surface area contributed by atoms with Gasteiger partial charge in [-0.25, -0.2) is 4.98 Å². The van der Waals surface area contributed by atoms with E-state index in [9.17, 15) is 5.11 Å². The van der Waals surface area contributed by atoms with Crippen molar-refractivity contribution in [3.05, 3.63) is 21.9 Å². The summed E-state index contributed by atoms with van der Waals surface area (Å²) in [7, 11) is 1.84. The van der Waals surface area contributed by atoms with E-state index in [0.29, 0.717) is 39.7 Å². The first-order valence-electron chi connectivity index (χ1n) is 7.68. The summed E-state index contributed by atoms with van der Waals surface area (Å²) in [5.74, 6) is 1.67. The van der Waals surface area contributed by atoms with Crippen LogP contribution < -0.4 is 4.74 Å². The predicted octanol–water partition coefficient (Wildman–Crippen LogP) is 4.33. The number of aryl methyl sites for hydroxylation is 1. The first kappa shape index (κ1) is 15.9. The number of aliphatic hydroxyl groups excluding tert-OH is 1. The zero-order valence-corrected chi connectivity index (χ0v) is 14.1. The lowest BCUT2D eigenvalue weighted by Gasteiger charge is -2.22. The molecule has 0 radical (unpaired) electrons. The summed E-state index contributed by atoms with van der Waals surface area (Å²) in [4.78, 5) is 4.44. The molecule has 0 bridgehead atoms. The van der Waals surface area contributed by atoms with Gasteiger partial charge in [-0.05, 0) is 24.8 Å². The molecule has 0 saturated heterocycles. The zero-order valence-electron chi connectivity index (χ0n) is 12.6. The molecule has 1 aromatic heterocycles. The second-order valence-electron chi connectivity index (χ2n) is 5.93. The highest BCUT2D eigenvalue weighted by atomic mass is 35.5. The summed E-state index contributed by atoms with van der Waals surface area (Å²) in [6.07, 6.45) is 6.26. The van der Waals surface area contributed by atoms with Crippen LogP contribution >= 0.6 is 23.2 Å². The topological polar surface area (TPSA) is 47.3 Å². The quantitative estimate of drug-likeness (QED) is 0.899. The third-order valence-electron chi connectivity index (χ3n) is 4.45. The molecule has 6 heteroatoms. The Morgan fingerprint density at radius 1 is 1.32 bits per heavy atom. The van der Waals surface area contributed by atoms with Crippen LogP contribution in [0.3, 0.4) is 0 Å². The highest BCUT2D eigenvalue weighted by Crippen LogP contribution is 2.39. The van der Waals surface area contributed by atoms with Crippen molar-refractivity contribution < 1.29 is 9.84 Å². The molecule has 0 aliphatic heterocycles. The number of benzene rings is 1. The molecule has 22 heavy (non-hydrogen) atoms. The average molecular weight is 343 g/mol. The highest BCUT2D eigenvalue weighted by molar-refractivity contribution is 6.44. The Balaban J connectivity index is 1.94. The molecular weight excluding hydrogens is 323 g/mol. The smallest absolute Gasteiger partial charge is 0.167 e. The largest absolute Gasteiger partial charge is 0.489 e. The molecule has 1 aromatic carbocycles. The van der Waals surface area contributed by atoms with Crippen molar-refractivity contribution >= 4 is 34.2 Å². The van der Waals surface area contributed by atoms with Crippen molar-refractivity contribution in [1.82, 2.24) is 9.55 Å². The number of aliphatic hydroxyl groups is 1. The van der Waals surface area contributed by atoms with Crippen LogP contribution in [0.5, 0.6) is 5.75 Å². The number of hydrogen-bond donors (Lipinski definition) is 1. The summed E-state index contributed by atoms with van der Waals surface area (Å²) in [6.45, 7) is 0.503. The minimum absolute atomic E-state index is 0.136. The van der Waals surface area contributed by atoms with Crippen molar-refractivity contribution in [3.63, 3.8) is 0 Å². The number of hydrogen-bond acceptors (Lipinski definition) is 3. The molecule has 4 nitrogen and oxygen atoms in total. The van der Waals surface area contributed by atoms with Crippen LogP contribution in [0.2, 0.25) is 10.0 Å². The number of fused-ring (bicyclic) bond motifs is 1. The summed E-state index contributed by atoms with van der Waals surface area (Å²) < 4.78 is 7.82. The fourth-order valence-corrected chi connectivity index (χ4v) is 3.50. The van der Waals surface area contributed by atoms with Gasteiger partial charge in [-0.3, -0.25) is 0 Å². The summed E-state index contributed by atoms with van der Waals surface area (Å²) in [5, 5.41) is 10.2. The summed E-state index contributed by atoms with van der Waals surface area (Å²) in [6, 6.07) is 1.76. The predicted molar refractivity (Wildman–Crippen MR) is 88.7 cm³/mol. The van der Waals surface area contributed by atoms with Crippen molar-refractivity contribution in [2.75, 3.05) is 6.61 Å². The first-order valence-corrected chi connectivity index (χ1v) is 8.44. The van der Waals surface area contributed by atoms with E-state index in [1.54, 1.807) is 6.07 Å². The van der Waals surface area contributed by atoms with Gasteiger partial charge in [0.15, 0.2) is 5.75 Å². The Morgan fingerprint density at radius 2 is 2.05 bits per heavy atom. The Bertz CT molecular complexity index is 679. The SMILES string of the molecule is Cn1c(CO)nc2c(OCC3CCCCC3)c(Cl)c(Cl)cc21. The van der Waals surface area contributed by atoms with Crippen LogP contribution in [0.1, 0.15) is 37.9 Å². The number of imidazole rings is 1. The van der Waals surface area contributed by atoms with Crippen LogP contribution in [0.25, 0.3) is 11.0 Å². The summed E-state index contributed by atoms with van der Waals surface area (Å²) in [5.41, 5.74) is 1.48. The lowest BCUT2D eigenvalue weighted by Crippen LogP contribution is -2.15. The second kappa shape index (κ2) is 6.65. The average Bonchev–Trinajstić information content (AvgIpc) is 2.85. The minimum Gasteiger partial charge on any atom is -0.489 e. The molecule has 120 valence electrons. The van der Waals surface area contributed by atoms with Crippen LogP contribution in [0.4, 0.5) is 0 Å². The van der Waals surface area contributed by atoms with E-state index in [4.69, 9.17) is 27.9 Å². The maximum Gasteiger partial charge on any atom is 0.167 e. The molecular formula is C16H20Cl2N2O2. The number of aromatic nitrogens is 2. The van der Waals surface area contributed by atoms with E-state index in [2.05, 4.69) is 4.98 Å². The van der Waals surface area contributed by atoms with Gasteiger partial charge in [0.05, 0.1) is 17.1 Å². The van der Waals surface area contributed by atoms with Crippen molar-refractivity contribution in [1.29, 1.82) is 0 Å². The number of nitrogens with zero attached hydrogens (tertiary/aromatic N) is 2. The lowest BCUT2D eigenvalue weighted by atomic mass is 9.90. The molecule has 3 rings (SSSR count). The molecule has 0 amide bonds. The van der Waals surface area contributed by atoms with E-state index in [1.807, 2.05) is 11.6 Å². The van der Waals surface area contributed by atoms with Gasteiger partial charge >= 0.3 is 0 Å². The Hall–Kier alpha value is -0.970. The zero-order chi connectivity index (χ0) is 15.7. The minimum atomic E-state index is -0.136. The molecule has 1 heterocycles. The van der Waals surface area contributed by atoms with Crippen LogP contribution in [0.15, 0.2) is 6.07 Å². The Morgan fingerprint density at radius 3 is 2.73 bits per heavy atom. The molecule has 1 saturated carbocycles. The van der Waals surface area contributed by atoms with Crippen LogP contribution in [-0.2, 0) is 13.7 Å². The van der Waals surface area contributed by atoms with Gasteiger partial charge in [-0.2, -0.15) is 0 Å². The van der Waals surface area contributed by atoms with Crippen LogP contribution in [-0.4, -0.2) is 21.3 Å². The Kier molecular flexibility index (Phi) is 4.81. The molecule has 1 aliphatic carbocycles. The van der Waals surface area contributed by atoms with Crippen molar-refractivity contribution in [2.24, 2.45) is 13.0 Å². The fraction of sp³-hybridized carbons (Fsp3) is 0.562. The second-order valence-corrected chi connectivity index (χ2v) is 6.71. The van der Waals surface area contributed by atoms with Gasteiger partial charge in [0.1, 0.15) is 23.0 Å². The van der Waals surface area contributed by atoms with E-state index < -0.39 is 0 Å². The monoisotopic (exact) mass is 342 g/mol. The molecule has 1 fully saturated rings. The molecule has 2 aromatic rings. The van der Waals surface area contributed by atoms with E-state index in [-0.39, 0.29) is 6.61 Å². The maximum atomic E-state index is 9.39. The number of rotatable bonds is 4. The normalized spacial score (nSPS) is 16.4. The highest BCUT2D eigenvalue weighted by Gasteiger charge is 2.20. The number of halogens is 2. The summed E-state index contributed by atoms with van der Waals surface area (Å²) >= 11 is 12.5. The Labute approximate surface area is 140 Å². The van der Waals surface area contributed by atoms with Crippen LogP contribution in [0, 0.1) is 5.92 Å². The van der Waals surface area contributed by atoms with Gasteiger partial charge < -0.3 is 14.4 Å². The first-order chi connectivity index (χ1) is 10.6. The molecule has 1 N–H and O–H groups in total. The van der Waals surface area contributed by atoms with Gasteiger partial charge in [0.2, 0.25) is 0 Å². The van der Waals surface area contributed by atoms with Gasteiger partial charge in [0, 0.05) is 7.05 Å². The molecule has 0 spiro atoms. The lowest BCUT2D eigenvalue weighted by molar-refractivity contribution is 0.210. The van der Waals surface area contributed by atoms with Gasteiger partial charge in [0.25, 0.3) is 0 Å². The maximum absolute atomic E-state index is 9.39. The van der Waals surface area contributed by atoms with Crippen molar-refractivity contribution in [3.8, 4) is 5.75 Å². The number of ether oxygens (including phenoxy) is 1. The third kappa shape index (κ3) is 2.92. The molecule has 1 aliphatic rings. The van der Waals surface area contributed by atoms with Gasteiger partial charge in [-0.15, -0.1) is 0 Å². The molecule has 0 unspecified atom stereocenters. The van der Waals surface area contributed by atoms with Crippen molar-refractivity contribution in [2.45, 2.75) is 38.7 Å². The fourth-order valence-electron chi connectivity index (χ4n) is 3.12. The van der Waals surface area contributed by atoms with E-state index >= 15 is 0 Å². The van der Waals surface area contributed by atoms with E-state index in [1.165, 1.54) is 32.1 Å². The van der Waals surface area contributed by atoms with E-state index in [0.717, 1.165) is 5.52 Å². The third-order valence-corrected chi connectivity index (χ3v) is 5.22. The molecule has 0 atom stereocenters. The van der Waals surface area contributed by atoms with Gasteiger partial charge in [-0.1, -0.05) is 42.5 Å².